The number of thiazole rings is 1. The number of carbonyl (C=O) groups is 1. The quantitative estimate of drug-likeness (QED) is 0.769. The molecule has 1 aliphatic rings. The van der Waals surface area contributed by atoms with E-state index < -0.39 is 5.97 Å². The van der Waals surface area contributed by atoms with Crippen LogP contribution >= 0.6 is 11.3 Å². The average Bonchev–Trinajstić information content (AvgIpc) is 2.59. The highest BCUT2D eigenvalue weighted by Gasteiger charge is 2.17. The highest BCUT2D eigenvalue weighted by molar-refractivity contribution is 7.16. The van der Waals surface area contributed by atoms with E-state index in [0.717, 1.165) is 12.8 Å². The number of carboxylic acids is 1. The monoisotopic (exact) mass is 256 g/mol. The summed E-state index contributed by atoms with van der Waals surface area (Å²) in [5.41, 5.74) is 0. The molecule has 0 atom stereocenters. The summed E-state index contributed by atoms with van der Waals surface area (Å²) in [6.07, 6.45) is 5.79. The smallest absolute Gasteiger partial charge is 0.308 e. The molecule has 1 saturated carbocycles. The molecule has 3 N–H and O–H groups in total. The maximum atomic E-state index is 10.6. The van der Waals surface area contributed by atoms with Gasteiger partial charge in [0.25, 0.3) is 0 Å². The second-order valence-electron chi connectivity index (χ2n) is 4.32. The number of carboxylic acid groups (broad SMARTS) is 1. The molecule has 2 rings (SSSR count). The molecule has 0 aromatic carbocycles. The van der Waals surface area contributed by atoms with Gasteiger partial charge >= 0.3 is 5.97 Å². The molecular formula is C11H16N2O3S. The van der Waals surface area contributed by atoms with Crippen LogP contribution in [0.1, 0.15) is 37.0 Å². The van der Waals surface area contributed by atoms with Gasteiger partial charge in [-0.2, -0.15) is 4.98 Å². The first-order valence-corrected chi connectivity index (χ1v) is 6.64. The number of aliphatic carboxylic acids is 1. The Hall–Kier alpha value is -1.30. The summed E-state index contributed by atoms with van der Waals surface area (Å²) in [6, 6.07) is 0.409. The van der Waals surface area contributed by atoms with E-state index in [4.69, 9.17) is 5.11 Å². The maximum absolute atomic E-state index is 10.6. The number of nitrogens with one attached hydrogen (secondary N) is 1. The van der Waals surface area contributed by atoms with Gasteiger partial charge in [-0.1, -0.05) is 30.6 Å². The highest BCUT2D eigenvalue weighted by atomic mass is 32.1. The van der Waals surface area contributed by atoms with E-state index in [-0.39, 0.29) is 12.3 Å². The van der Waals surface area contributed by atoms with Gasteiger partial charge in [0.2, 0.25) is 5.88 Å². The summed E-state index contributed by atoms with van der Waals surface area (Å²) in [5.74, 6) is -1.11. The van der Waals surface area contributed by atoms with Crippen molar-refractivity contribution >= 4 is 22.4 Å². The lowest BCUT2D eigenvalue weighted by Gasteiger charge is -2.22. The summed E-state index contributed by atoms with van der Waals surface area (Å²) < 4.78 is 0. The van der Waals surface area contributed by atoms with E-state index in [9.17, 15) is 9.90 Å². The number of anilines is 1. The van der Waals surface area contributed by atoms with Crippen LogP contribution in [0, 0.1) is 0 Å². The number of hydrogen-bond acceptors (Lipinski definition) is 5. The lowest BCUT2D eigenvalue weighted by Crippen LogP contribution is -2.21. The van der Waals surface area contributed by atoms with Gasteiger partial charge in [0.1, 0.15) is 0 Å². The van der Waals surface area contributed by atoms with Crippen LogP contribution in [0.2, 0.25) is 0 Å². The zero-order chi connectivity index (χ0) is 12.3. The molecule has 1 aromatic heterocycles. The fourth-order valence-corrected chi connectivity index (χ4v) is 3.00. The SMILES string of the molecule is O=C(O)Cc1sc(NC2CCCCC2)nc1O. The molecule has 0 aliphatic heterocycles. The largest absolute Gasteiger partial charge is 0.492 e. The van der Waals surface area contributed by atoms with Gasteiger partial charge in [0.15, 0.2) is 5.13 Å². The number of aromatic hydroxyl groups is 1. The Morgan fingerprint density at radius 2 is 2.12 bits per heavy atom. The van der Waals surface area contributed by atoms with Crippen LogP contribution < -0.4 is 5.32 Å². The molecule has 0 bridgehead atoms. The van der Waals surface area contributed by atoms with Crippen LogP contribution in [0.3, 0.4) is 0 Å². The summed E-state index contributed by atoms with van der Waals surface area (Å²) >= 11 is 1.23. The van der Waals surface area contributed by atoms with E-state index in [0.29, 0.717) is 16.1 Å². The minimum atomic E-state index is -0.951. The van der Waals surface area contributed by atoms with Gasteiger partial charge in [0, 0.05) is 6.04 Å². The fourth-order valence-electron chi connectivity index (χ4n) is 2.08. The van der Waals surface area contributed by atoms with E-state index >= 15 is 0 Å². The molecule has 1 heterocycles. The van der Waals surface area contributed by atoms with Crippen molar-refractivity contribution in [1.29, 1.82) is 0 Å². The van der Waals surface area contributed by atoms with Gasteiger partial charge < -0.3 is 15.5 Å². The Balaban J connectivity index is 1.98. The molecule has 6 heteroatoms. The predicted octanol–water partition coefficient (Wildman–Crippen LogP) is 2.22. The molecule has 0 spiro atoms. The zero-order valence-electron chi connectivity index (χ0n) is 9.48. The summed E-state index contributed by atoms with van der Waals surface area (Å²) in [4.78, 5) is 14.9. The van der Waals surface area contributed by atoms with Crippen LogP contribution in [-0.4, -0.2) is 27.2 Å². The van der Waals surface area contributed by atoms with Crippen LogP contribution in [0.5, 0.6) is 5.88 Å². The second kappa shape index (κ2) is 5.35. The molecule has 1 aromatic rings. The Bertz CT molecular complexity index is 399. The van der Waals surface area contributed by atoms with Crippen molar-refractivity contribution in [3.63, 3.8) is 0 Å². The number of nitrogens with zero attached hydrogens (tertiary/aromatic N) is 1. The van der Waals surface area contributed by atoms with E-state index in [1.54, 1.807) is 0 Å². The first kappa shape index (κ1) is 12.2. The summed E-state index contributed by atoms with van der Waals surface area (Å²) in [6.45, 7) is 0. The minimum Gasteiger partial charge on any atom is -0.492 e. The summed E-state index contributed by atoms with van der Waals surface area (Å²) in [5, 5.41) is 22.1. The highest BCUT2D eigenvalue weighted by Crippen LogP contribution is 2.30. The number of hydrogen-bond donors (Lipinski definition) is 3. The lowest BCUT2D eigenvalue weighted by molar-refractivity contribution is -0.136. The van der Waals surface area contributed by atoms with Gasteiger partial charge in [-0.25, -0.2) is 0 Å². The topological polar surface area (TPSA) is 82.5 Å². The molecule has 5 nitrogen and oxygen atoms in total. The van der Waals surface area contributed by atoms with E-state index in [1.807, 2.05) is 0 Å². The van der Waals surface area contributed by atoms with Gasteiger partial charge in [-0.05, 0) is 12.8 Å². The molecular weight excluding hydrogens is 240 g/mol. The molecule has 0 saturated heterocycles. The van der Waals surface area contributed by atoms with Crippen molar-refractivity contribution in [2.24, 2.45) is 0 Å². The summed E-state index contributed by atoms with van der Waals surface area (Å²) in [7, 11) is 0. The molecule has 1 fully saturated rings. The van der Waals surface area contributed by atoms with Crippen LogP contribution in [0.15, 0.2) is 0 Å². The molecule has 0 amide bonds. The van der Waals surface area contributed by atoms with Gasteiger partial charge in [0.05, 0.1) is 11.3 Å². The van der Waals surface area contributed by atoms with Crippen LogP contribution in [0.4, 0.5) is 5.13 Å². The molecule has 0 radical (unpaired) electrons. The lowest BCUT2D eigenvalue weighted by atomic mass is 9.96. The van der Waals surface area contributed by atoms with Crippen molar-refractivity contribution < 1.29 is 15.0 Å². The third-order valence-corrected chi connectivity index (χ3v) is 3.90. The molecule has 94 valence electrons. The number of aromatic nitrogens is 1. The van der Waals surface area contributed by atoms with Crippen molar-refractivity contribution in [1.82, 2.24) is 4.98 Å². The third kappa shape index (κ3) is 3.33. The Labute approximate surface area is 104 Å². The van der Waals surface area contributed by atoms with E-state index in [1.165, 1.54) is 30.6 Å². The van der Waals surface area contributed by atoms with Crippen LogP contribution in [-0.2, 0) is 11.2 Å². The first-order chi connectivity index (χ1) is 8.15. The second-order valence-corrected chi connectivity index (χ2v) is 5.40. The predicted molar refractivity (Wildman–Crippen MR) is 65.6 cm³/mol. The normalized spacial score (nSPS) is 16.9. The average molecular weight is 256 g/mol. The fraction of sp³-hybridized carbons (Fsp3) is 0.636. The molecule has 1 aliphatic carbocycles. The Morgan fingerprint density at radius 3 is 2.76 bits per heavy atom. The van der Waals surface area contributed by atoms with Crippen LogP contribution in [0.25, 0.3) is 0 Å². The van der Waals surface area contributed by atoms with Gasteiger partial charge in [-0.15, -0.1) is 0 Å². The number of rotatable bonds is 4. The van der Waals surface area contributed by atoms with E-state index in [2.05, 4.69) is 10.3 Å². The molecule has 0 unspecified atom stereocenters. The Morgan fingerprint density at radius 1 is 1.41 bits per heavy atom. The zero-order valence-corrected chi connectivity index (χ0v) is 10.3. The molecule has 17 heavy (non-hydrogen) atoms. The van der Waals surface area contributed by atoms with Crippen molar-refractivity contribution in [3.8, 4) is 5.88 Å². The first-order valence-electron chi connectivity index (χ1n) is 5.82. The van der Waals surface area contributed by atoms with Gasteiger partial charge in [-0.3, -0.25) is 4.79 Å². The maximum Gasteiger partial charge on any atom is 0.308 e. The van der Waals surface area contributed by atoms with Crippen molar-refractivity contribution in [2.45, 2.75) is 44.6 Å². The van der Waals surface area contributed by atoms with Crippen molar-refractivity contribution in [2.75, 3.05) is 5.32 Å². The standard InChI is InChI=1S/C11H16N2O3S/c14-9(15)6-8-10(16)13-11(17-8)12-7-4-2-1-3-5-7/h7,16H,1-6H2,(H,12,13)(H,14,15). The minimum absolute atomic E-state index is 0.157. The van der Waals surface area contributed by atoms with Crippen molar-refractivity contribution in [3.05, 3.63) is 4.88 Å². The third-order valence-electron chi connectivity index (χ3n) is 2.92. The Kier molecular flexibility index (Phi) is 3.83.